The summed E-state index contributed by atoms with van der Waals surface area (Å²) < 4.78 is 38.3. The highest BCUT2D eigenvalue weighted by Crippen LogP contribution is 2.35. The standard InChI is InChI=1S/C13H14ClF3N2O/c1-8-7-19(5-4-18-8)12(20)9-2-3-11(14)10(6-9)13(15,16)17/h2-3,6,8,18H,4-5,7H2,1H3/t8-/m1/s1. The number of alkyl halides is 3. The number of hydrogen-bond acceptors (Lipinski definition) is 2. The molecular formula is C13H14ClF3N2O. The lowest BCUT2D eigenvalue weighted by molar-refractivity contribution is -0.137. The zero-order chi connectivity index (χ0) is 14.9. The SMILES string of the molecule is C[C@@H]1CN(C(=O)c2ccc(Cl)c(C(F)(F)F)c2)CCN1. The van der Waals surface area contributed by atoms with E-state index in [1.807, 2.05) is 6.92 Å². The van der Waals surface area contributed by atoms with Crippen LogP contribution < -0.4 is 5.32 Å². The molecule has 0 spiro atoms. The van der Waals surface area contributed by atoms with Crippen LogP contribution in [-0.2, 0) is 6.18 Å². The van der Waals surface area contributed by atoms with Crippen LogP contribution in [0.5, 0.6) is 0 Å². The Morgan fingerprint density at radius 2 is 2.15 bits per heavy atom. The van der Waals surface area contributed by atoms with Crippen LogP contribution in [0.15, 0.2) is 18.2 Å². The number of nitrogens with one attached hydrogen (secondary N) is 1. The van der Waals surface area contributed by atoms with Crippen molar-refractivity contribution in [3.05, 3.63) is 34.3 Å². The molecule has 1 aliphatic heterocycles. The third kappa shape index (κ3) is 3.24. The molecule has 0 aromatic heterocycles. The molecule has 1 N–H and O–H groups in total. The first-order valence-corrected chi connectivity index (χ1v) is 6.56. The molecule has 0 unspecified atom stereocenters. The van der Waals surface area contributed by atoms with Crippen molar-refractivity contribution in [1.29, 1.82) is 0 Å². The lowest BCUT2D eigenvalue weighted by Gasteiger charge is -2.32. The van der Waals surface area contributed by atoms with Gasteiger partial charge in [0, 0.05) is 31.2 Å². The fraction of sp³-hybridized carbons (Fsp3) is 0.462. The first-order chi connectivity index (χ1) is 9.29. The van der Waals surface area contributed by atoms with Gasteiger partial charge in [0.05, 0.1) is 10.6 Å². The summed E-state index contributed by atoms with van der Waals surface area (Å²) >= 11 is 5.54. The van der Waals surface area contributed by atoms with E-state index in [-0.39, 0.29) is 11.6 Å². The summed E-state index contributed by atoms with van der Waals surface area (Å²) in [6, 6.07) is 3.38. The van der Waals surface area contributed by atoms with Crippen LogP contribution >= 0.6 is 11.6 Å². The molecule has 7 heteroatoms. The summed E-state index contributed by atoms with van der Waals surface area (Å²) in [5.74, 6) is -0.402. The third-order valence-corrected chi connectivity index (χ3v) is 3.50. The van der Waals surface area contributed by atoms with Gasteiger partial charge in [-0.15, -0.1) is 0 Å². The number of hydrogen-bond donors (Lipinski definition) is 1. The number of piperazine rings is 1. The summed E-state index contributed by atoms with van der Waals surface area (Å²) in [4.78, 5) is 13.8. The van der Waals surface area contributed by atoms with Crippen molar-refractivity contribution in [3.8, 4) is 0 Å². The van der Waals surface area contributed by atoms with E-state index in [0.29, 0.717) is 19.6 Å². The van der Waals surface area contributed by atoms with E-state index in [1.165, 1.54) is 6.07 Å². The molecule has 1 aliphatic rings. The number of halogens is 4. The van der Waals surface area contributed by atoms with Crippen molar-refractivity contribution in [2.24, 2.45) is 0 Å². The molecule has 1 saturated heterocycles. The minimum Gasteiger partial charge on any atom is -0.336 e. The van der Waals surface area contributed by atoms with Gasteiger partial charge in [-0.2, -0.15) is 13.2 Å². The van der Waals surface area contributed by atoms with Gasteiger partial charge in [0.2, 0.25) is 0 Å². The van der Waals surface area contributed by atoms with E-state index in [1.54, 1.807) is 4.90 Å². The maximum atomic E-state index is 12.8. The predicted octanol–water partition coefficient (Wildman–Crippen LogP) is 2.79. The molecule has 0 saturated carbocycles. The van der Waals surface area contributed by atoms with Crippen LogP contribution in [-0.4, -0.2) is 36.5 Å². The monoisotopic (exact) mass is 306 g/mol. The van der Waals surface area contributed by atoms with Crippen molar-refractivity contribution in [1.82, 2.24) is 10.2 Å². The highest BCUT2D eigenvalue weighted by Gasteiger charge is 2.34. The molecule has 20 heavy (non-hydrogen) atoms. The minimum atomic E-state index is -4.57. The van der Waals surface area contributed by atoms with Crippen LogP contribution in [0.3, 0.4) is 0 Å². The van der Waals surface area contributed by atoms with Crippen LogP contribution in [0.25, 0.3) is 0 Å². The predicted molar refractivity (Wildman–Crippen MR) is 69.8 cm³/mol. The Labute approximate surface area is 119 Å². The van der Waals surface area contributed by atoms with Crippen molar-refractivity contribution >= 4 is 17.5 Å². The Morgan fingerprint density at radius 1 is 1.45 bits per heavy atom. The van der Waals surface area contributed by atoms with E-state index in [0.717, 1.165) is 12.1 Å². The van der Waals surface area contributed by atoms with Crippen molar-refractivity contribution in [2.75, 3.05) is 19.6 Å². The fourth-order valence-electron chi connectivity index (χ4n) is 2.17. The molecule has 1 atom stereocenters. The van der Waals surface area contributed by atoms with Gasteiger partial charge in [-0.25, -0.2) is 0 Å². The van der Waals surface area contributed by atoms with Crippen LogP contribution in [0.1, 0.15) is 22.8 Å². The maximum Gasteiger partial charge on any atom is 0.417 e. The highest BCUT2D eigenvalue weighted by molar-refractivity contribution is 6.31. The molecule has 2 rings (SSSR count). The van der Waals surface area contributed by atoms with E-state index in [4.69, 9.17) is 11.6 Å². The normalized spacial score (nSPS) is 20.1. The van der Waals surface area contributed by atoms with E-state index >= 15 is 0 Å². The smallest absolute Gasteiger partial charge is 0.336 e. The lowest BCUT2D eigenvalue weighted by atomic mass is 10.1. The van der Waals surface area contributed by atoms with Gasteiger partial charge in [-0.1, -0.05) is 11.6 Å². The first kappa shape index (κ1) is 15.1. The van der Waals surface area contributed by atoms with Gasteiger partial charge >= 0.3 is 6.18 Å². The quantitative estimate of drug-likeness (QED) is 0.865. The summed E-state index contributed by atoms with van der Waals surface area (Å²) in [6.07, 6.45) is -4.57. The Morgan fingerprint density at radius 3 is 2.75 bits per heavy atom. The first-order valence-electron chi connectivity index (χ1n) is 6.18. The van der Waals surface area contributed by atoms with Crippen molar-refractivity contribution in [3.63, 3.8) is 0 Å². The summed E-state index contributed by atoms with van der Waals surface area (Å²) in [6.45, 7) is 3.50. The van der Waals surface area contributed by atoms with Gasteiger partial charge in [0.25, 0.3) is 5.91 Å². The summed E-state index contributed by atoms with van der Waals surface area (Å²) in [5.41, 5.74) is -0.968. The van der Waals surface area contributed by atoms with Gasteiger partial charge in [0.1, 0.15) is 0 Å². The van der Waals surface area contributed by atoms with Gasteiger partial charge in [0.15, 0.2) is 0 Å². The van der Waals surface area contributed by atoms with Crippen molar-refractivity contribution < 1.29 is 18.0 Å². The van der Waals surface area contributed by atoms with E-state index in [2.05, 4.69) is 5.32 Å². The molecular weight excluding hydrogens is 293 g/mol. The molecule has 1 heterocycles. The largest absolute Gasteiger partial charge is 0.417 e. The zero-order valence-corrected chi connectivity index (χ0v) is 11.6. The molecule has 1 aromatic rings. The number of amides is 1. The number of carbonyl (C=O) groups is 1. The molecule has 1 amide bonds. The molecule has 1 aromatic carbocycles. The van der Waals surface area contributed by atoms with Gasteiger partial charge in [-0.3, -0.25) is 4.79 Å². The second kappa shape index (κ2) is 5.61. The van der Waals surface area contributed by atoms with Crippen LogP contribution in [0, 0.1) is 0 Å². The maximum absolute atomic E-state index is 12.8. The zero-order valence-electron chi connectivity index (χ0n) is 10.8. The molecule has 0 bridgehead atoms. The summed E-state index contributed by atoms with van der Waals surface area (Å²) in [5, 5.41) is 2.77. The Balaban J connectivity index is 2.26. The van der Waals surface area contributed by atoms with Gasteiger partial charge in [-0.05, 0) is 25.1 Å². The summed E-state index contributed by atoms with van der Waals surface area (Å²) in [7, 11) is 0. The highest BCUT2D eigenvalue weighted by atomic mass is 35.5. The second-order valence-corrected chi connectivity index (χ2v) is 5.21. The van der Waals surface area contributed by atoms with Crippen LogP contribution in [0.4, 0.5) is 13.2 Å². The Kier molecular flexibility index (Phi) is 4.25. The molecule has 0 radical (unpaired) electrons. The molecule has 3 nitrogen and oxygen atoms in total. The Bertz CT molecular complexity index is 519. The number of rotatable bonds is 1. The lowest BCUT2D eigenvalue weighted by Crippen LogP contribution is -2.51. The number of nitrogens with zero attached hydrogens (tertiary/aromatic N) is 1. The molecule has 0 aliphatic carbocycles. The van der Waals surface area contributed by atoms with E-state index in [9.17, 15) is 18.0 Å². The average Bonchev–Trinajstić information content (AvgIpc) is 2.37. The second-order valence-electron chi connectivity index (χ2n) is 4.80. The number of carbonyl (C=O) groups excluding carboxylic acids is 1. The van der Waals surface area contributed by atoms with E-state index < -0.39 is 22.7 Å². The van der Waals surface area contributed by atoms with Crippen LogP contribution in [0.2, 0.25) is 5.02 Å². The Hall–Kier alpha value is -1.27. The average molecular weight is 307 g/mol. The third-order valence-electron chi connectivity index (χ3n) is 3.17. The topological polar surface area (TPSA) is 32.3 Å². The molecule has 1 fully saturated rings. The van der Waals surface area contributed by atoms with Crippen molar-refractivity contribution in [2.45, 2.75) is 19.1 Å². The number of benzene rings is 1. The molecule has 110 valence electrons. The minimum absolute atomic E-state index is 0.0100. The van der Waals surface area contributed by atoms with Gasteiger partial charge < -0.3 is 10.2 Å². The fourth-order valence-corrected chi connectivity index (χ4v) is 2.40.